The van der Waals surface area contributed by atoms with E-state index in [9.17, 15) is 18.0 Å². The number of hydrogen-bond acceptors (Lipinski definition) is 7. The summed E-state index contributed by atoms with van der Waals surface area (Å²) in [6.07, 6.45) is 0. The van der Waals surface area contributed by atoms with Gasteiger partial charge in [0.2, 0.25) is 11.8 Å². The van der Waals surface area contributed by atoms with Crippen LogP contribution in [0.1, 0.15) is 0 Å². The Labute approximate surface area is 149 Å². The molecule has 1 N–H and O–H groups in total. The number of fused-ring (bicyclic) bond motifs is 1. The summed E-state index contributed by atoms with van der Waals surface area (Å²) in [6, 6.07) is 1.46. The molecule has 1 aliphatic heterocycles. The Morgan fingerprint density at radius 2 is 2.17 bits per heavy atom. The molecule has 1 aliphatic rings. The highest BCUT2D eigenvalue weighted by Gasteiger charge is 2.32. The van der Waals surface area contributed by atoms with Crippen LogP contribution < -0.4 is 10.2 Å². The van der Waals surface area contributed by atoms with Crippen molar-refractivity contribution in [1.29, 1.82) is 0 Å². The molecule has 0 radical (unpaired) electrons. The summed E-state index contributed by atoms with van der Waals surface area (Å²) in [7, 11) is 0.859. The number of rotatable bonds is 7. The third kappa shape index (κ3) is 4.09. The summed E-state index contributed by atoms with van der Waals surface area (Å²) in [5.41, 5.74) is 0.476. The molecule has 1 aromatic heterocycles. The SMILES string of the molecule is COCCNC(=O)CN1C(=O)CSc2sc(S(=O)(=O)N(C)C)cc21. The van der Waals surface area contributed by atoms with Gasteiger partial charge in [-0.3, -0.25) is 9.59 Å². The molecule has 24 heavy (non-hydrogen) atoms. The number of ether oxygens (including phenoxy) is 1. The Morgan fingerprint density at radius 3 is 2.79 bits per heavy atom. The van der Waals surface area contributed by atoms with Crippen LogP contribution in [0, 0.1) is 0 Å². The van der Waals surface area contributed by atoms with Crippen molar-refractivity contribution >= 4 is 50.6 Å². The van der Waals surface area contributed by atoms with Crippen LogP contribution in [-0.2, 0) is 24.3 Å². The molecule has 1 aromatic rings. The fraction of sp³-hybridized carbons (Fsp3) is 0.538. The van der Waals surface area contributed by atoms with Crippen molar-refractivity contribution in [3.05, 3.63) is 6.07 Å². The summed E-state index contributed by atoms with van der Waals surface area (Å²) in [5.74, 6) is -0.359. The normalized spacial score (nSPS) is 14.8. The summed E-state index contributed by atoms with van der Waals surface area (Å²) in [5, 5.41) is 2.65. The van der Waals surface area contributed by atoms with Gasteiger partial charge in [0.1, 0.15) is 10.8 Å². The number of nitrogens with one attached hydrogen (secondary N) is 1. The number of carbonyl (C=O) groups excluding carboxylic acids is 2. The van der Waals surface area contributed by atoms with Crippen LogP contribution in [0.15, 0.2) is 14.5 Å². The number of hydrogen-bond donors (Lipinski definition) is 1. The zero-order valence-electron chi connectivity index (χ0n) is 13.6. The molecule has 2 rings (SSSR count). The minimum absolute atomic E-state index is 0.145. The lowest BCUT2D eigenvalue weighted by atomic mass is 10.3. The average Bonchev–Trinajstić information content (AvgIpc) is 2.95. The molecule has 0 spiro atoms. The van der Waals surface area contributed by atoms with E-state index in [4.69, 9.17) is 4.74 Å². The fourth-order valence-electron chi connectivity index (χ4n) is 1.95. The zero-order chi connectivity index (χ0) is 17.9. The predicted molar refractivity (Wildman–Crippen MR) is 93.2 cm³/mol. The number of amides is 2. The van der Waals surface area contributed by atoms with E-state index >= 15 is 0 Å². The summed E-state index contributed by atoms with van der Waals surface area (Å²) in [4.78, 5) is 25.5. The third-order valence-corrected chi connectivity index (χ3v) is 7.89. The Balaban J connectivity index is 2.22. The van der Waals surface area contributed by atoms with E-state index < -0.39 is 10.0 Å². The minimum Gasteiger partial charge on any atom is -0.383 e. The Kier molecular flexibility index (Phi) is 6.26. The molecule has 0 atom stereocenters. The van der Waals surface area contributed by atoms with Crippen molar-refractivity contribution in [3.8, 4) is 0 Å². The second-order valence-corrected chi connectivity index (χ2v) is 9.81. The van der Waals surface area contributed by atoms with Gasteiger partial charge in [-0.2, -0.15) is 0 Å². The van der Waals surface area contributed by atoms with Crippen LogP contribution in [0.5, 0.6) is 0 Å². The first kappa shape index (κ1) is 19.2. The van der Waals surface area contributed by atoms with Crippen LogP contribution >= 0.6 is 23.1 Å². The first-order valence-corrected chi connectivity index (χ1v) is 10.3. The molecule has 2 heterocycles. The van der Waals surface area contributed by atoms with Gasteiger partial charge in [-0.1, -0.05) is 0 Å². The highest BCUT2D eigenvalue weighted by molar-refractivity contribution is 8.02. The summed E-state index contributed by atoms with van der Waals surface area (Å²) in [6.45, 7) is 0.585. The highest BCUT2D eigenvalue weighted by atomic mass is 32.3. The maximum Gasteiger partial charge on any atom is 0.252 e. The smallest absolute Gasteiger partial charge is 0.252 e. The first-order valence-electron chi connectivity index (χ1n) is 7.02. The molecule has 0 saturated heterocycles. The molecule has 0 bridgehead atoms. The Morgan fingerprint density at radius 1 is 1.46 bits per heavy atom. The maximum absolute atomic E-state index is 12.3. The third-order valence-electron chi connectivity index (χ3n) is 3.24. The first-order chi connectivity index (χ1) is 11.3. The van der Waals surface area contributed by atoms with Crippen molar-refractivity contribution in [2.24, 2.45) is 0 Å². The molecular weight excluding hydrogens is 374 g/mol. The van der Waals surface area contributed by atoms with Gasteiger partial charge in [0.25, 0.3) is 10.0 Å². The molecular formula is C13H19N3O5S3. The Bertz CT molecular complexity index is 729. The van der Waals surface area contributed by atoms with E-state index in [1.54, 1.807) is 0 Å². The molecule has 2 amide bonds. The average molecular weight is 394 g/mol. The minimum atomic E-state index is -3.57. The number of thiophene rings is 1. The second kappa shape index (κ2) is 7.83. The van der Waals surface area contributed by atoms with Crippen molar-refractivity contribution in [1.82, 2.24) is 9.62 Å². The van der Waals surface area contributed by atoms with Crippen molar-refractivity contribution in [3.63, 3.8) is 0 Å². The number of carbonyl (C=O) groups is 2. The van der Waals surface area contributed by atoms with Gasteiger partial charge < -0.3 is 15.0 Å². The van der Waals surface area contributed by atoms with Crippen molar-refractivity contribution in [2.45, 2.75) is 8.42 Å². The van der Waals surface area contributed by atoms with Crippen LogP contribution in [0.4, 0.5) is 5.69 Å². The van der Waals surface area contributed by atoms with Crippen LogP contribution in [0.3, 0.4) is 0 Å². The standard InChI is InChI=1S/C13H19N3O5S3/c1-15(2)24(19,20)12-6-9-13(23-12)22-8-11(18)16(9)7-10(17)14-4-5-21-3/h6H,4-5,7-8H2,1-3H3,(H,14,17). The van der Waals surface area contributed by atoms with Gasteiger partial charge in [0.05, 0.1) is 22.3 Å². The molecule has 0 saturated carbocycles. The zero-order valence-corrected chi connectivity index (χ0v) is 16.0. The van der Waals surface area contributed by atoms with Gasteiger partial charge in [0, 0.05) is 27.7 Å². The lowest BCUT2D eigenvalue weighted by Gasteiger charge is -2.25. The van der Waals surface area contributed by atoms with Crippen LogP contribution in [0.2, 0.25) is 0 Å². The molecule has 0 fully saturated rings. The van der Waals surface area contributed by atoms with Crippen LogP contribution in [-0.4, -0.2) is 71.2 Å². The number of nitrogens with zero attached hydrogens (tertiary/aromatic N) is 2. The number of anilines is 1. The van der Waals surface area contributed by atoms with Gasteiger partial charge >= 0.3 is 0 Å². The molecule has 0 aliphatic carbocycles. The van der Waals surface area contributed by atoms with Crippen LogP contribution in [0.25, 0.3) is 0 Å². The fourth-order valence-corrected chi connectivity index (χ4v) is 5.88. The van der Waals surface area contributed by atoms with Crippen molar-refractivity contribution < 1.29 is 22.7 Å². The van der Waals surface area contributed by atoms with E-state index in [0.29, 0.717) is 18.8 Å². The van der Waals surface area contributed by atoms with Gasteiger partial charge in [-0.05, 0) is 6.07 Å². The van der Waals surface area contributed by atoms with E-state index in [0.717, 1.165) is 19.9 Å². The molecule has 134 valence electrons. The predicted octanol–water partition coefficient (Wildman–Crippen LogP) is 0.200. The monoisotopic (exact) mass is 393 g/mol. The summed E-state index contributed by atoms with van der Waals surface area (Å²) >= 11 is 2.40. The van der Waals surface area contributed by atoms with Crippen molar-refractivity contribution in [2.75, 3.05) is 51.6 Å². The molecule has 11 heteroatoms. The van der Waals surface area contributed by atoms with E-state index in [2.05, 4.69) is 5.32 Å². The molecule has 0 aromatic carbocycles. The Hall–Kier alpha value is -1.14. The van der Waals surface area contributed by atoms with Gasteiger partial charge in [0.15, 0.2) is 0 Å². The lowest BCUT2D eigenvalue weighted by molar-refractivity contribution is -0.123. The number of thioether (sulfide) groups is 1. The molecule has 0 unspecified atom stereocenters. The largest absolute Gasteiger partial charge is 0.383 e. The maximum atomic E-state index is 12.3. The number of sulfonamides is 1. The quantitative estimate of drug-likeness (QED) is 0.665. The van der Waals surface area contributed by atoms with E-state index in [-0.39, 0.29) is 28.3 Å². The van der Waals surface area contributed by atoms with Gasteiger partial charge in [-0.25, -0.2) is 12.7 Å². The second-order valence-electron chi connectivity index (χ2n) is 5.14. The molecule has 8 nitrogen and oxygen atoms in total. The van der Waals surface area contributed by atoms with E-state index in [1.807, 2.05) is 0 Å². The van der Waals surface area contributed by atoms with Gasteiger partial charge in [-0.15, -0.1) is 23.1 Å². The van der Waals surface area contributed by atoms with E-state index in [1.165, 1.54) is 43.9 Å². The lowest BCUT2D eigenvalue weighted by Crippen LogP contribution is -2.43. The topological polar surface area (TPSA) is 96.0 Å². The number of methoxy groups -OCH3 is 1. The summed E-state index contributed by atoms with van der Waals surface area (Å²) < 4.78 is 31.4. The highest BCUT2D eigenvalue weighted by Crippen LogP contribution is 2.43.